The largest absolute Gasteiger partial charge is 0.338 e. The van der Waals surface area contributed by atoms with E-state index in [0.717, 1.165) is 26.1 Å². The zero-order valence-corrected chi connectivity index (χ0v) is 15.1. The molecule has 1 atom stereocenters. The first kappa shape index (κ1) is 18.0. The molecule has 1 fully saturated rings. The van der Waals surface area contributed by atoms with Crippen molar-refractivity contribution < 1.29 is 4.79 Å². The summed E-state index contributed by atoms with van der Waals surface area (Å²) in [5, 5.41) is 0. The lowest BCUT2D eigenvalue weighted by Gasteiger charge is -2.34. The molecule has 1 unspecified atom stereocenters. The molecular formula is C20H32N2O. The number of likely N-dealkylation sites (tertiary alicyclic amines) is 1. The smallest absolute Gasteiger partial charge is 0.222 e. The van der Waals surface area contributed by atoms with Crippen LogP contribution in [0.1, 0.15) is 57.1 Å². The van der Waals surface area contributed by atoms with Gasteiger partial charge in [0.1, 0.15) is 0 Å². The van der Waals surface area contributed by atoms with Gasteiger partial charge in [-0.05, 0) is 45.2 Å². The van der Waals surface area contributed by atoms with Gasteiger partial charge in [-0.2, -0.15) is 0 Å². The Hall–Kier alpha value is -1.35. The van der Waals surface area contributed by atoms with Gasteiger partial charge in [-0.1, -0.05) is 43.2 Å². The van der Waals surface area contributed by atoms with E-state index in [2.05, 4.69) is 43.0 Å². The van der Waals surface area contributed by atoms with E-state index in [1.54, 1.807) is 0 Å². The second-order valence-corrected chi connectivity index (χ2v) is 6.89. The van der Waals surface area contributed by atoms with Crippen molar-refractivity contribution in [3.63, 3.8) is 0 Å². The van der Waals surface area contributed by atoms with Crippen LogP contribution in [0.2, 0.25) is 0 Å². The highest BCUT2D eigenvalue weighted by Gasteiger charge is 2.18. The van der Waals surface area contributed by atoms with E-state index in [9.17, 15) is 4.79 Å². The summed E-state index contributed by atoms with van der Waals surface area (Å²) >= 11 is 0. The van der Waals surface area contributed by atoms with Crippen LogP contribution in [0, 0.1) is 6.92 Å². The van der Waals surface area contributed by atoms with Crippen molar-refractivity contribution in [2.24, 2.45) is 0 Å². The molecule has 1 aromatic rings. The van der Waals surface area contributed by atoms with Crippen molar-refractivity contribution >= 4 is 5.91 Å². The Balaban J connectivity index is 1.85. The van der Waals surface area contributed by atoms with E-state index >= 15 is 0 Å². The van der Waals surface area contributed by atoms with E-state index in [0.29, 0.717) is 12.5 Å². The summed E-state index contributed by atoms with van der Waals surface area (Å²) < 4.78 is 0. The van der Waals surface area contributed by atoms with Gasteiger partial charge in [-0.3, -0.25) is 4.79 Å². The average Bonchev–Trinajstić information content (AvgIpc) is 2.56. The highest BCUT2D eigenvalue weighted by atomic mass is 16.2. The molecule has 1 aliphatic heterocycles. The highest BCUT2D eigenvalue weighted by Crippen LogP contribution is 2.17. The molecule has 3 heteroatoms. The zero-order valence-electron chi connectivity index (χ0n) is 15.1. The number of nitrogens with zero attached hydrogens (tertiary/aromatic N) is 2. The Morgan fingerprint density at radius 2 is 2.00 bits per heavy atom. The summed E-state index contributed by atoms with van der Waals surface area (Å²) in [6.45, 7) is 10.3. The second-order valence-electron chi connectivity index (χ2n) is 6.89. The standard InChI is InChI=1S/C20H32N2O/c1-4-20(23)22(16-19-11-9-17(2)10-12-19)15-7-14-21-13-6-5-8-18(21)3/h9-12,18H,4-8,13-16H2,1-3H3. The third-order valence-electron chi connectivity index (χ3n) is 4.96. The van der Waals surface area contributed by atoms with Crippen LogP contribution in [-0.2, 0) is 11.3 Å². The number of hydrogen-bond acceptors (Lipinski definition) is 2. The Kier molecular flexibility index (Phi) is 7.10. The molecule has 0 saturated carbocycles. The highest BCUT2D eigenvalue weighted by molar-refractivity contribution is 5.75. The minimum Gasteiger partial charge on any atom is -0.338 e. The molecule has 23 heavy (non-hydrogen) atoms. The van der Waals surface area contributed by atoms with Gasteiger partial charge < -0.3 is 9.80 Å². The summed E-state index contributed by atoms with van der Waals surface area (Å²) in [4.78, 5) is 16.9. The van der Waals surface area contributed by atoms with Crippen molar-refractivity contribution in [3.05, 3.63) is 35.4 Å². The Morgan fingerprint density at radius 3 is 2.65 bits per heavy atom. The van der Waals surface area contributed by atoms with Gasteiger partial charge in [0.25, 0.3) is 0 Å². The average molecular weight is 316 g/mol. The van der Waals surface area contributed by atoms with Crippen LogP contribution in [0.3, 0.4) is 0 Å². The van der Waals surface area contributed by atoms with E-state index in [4.69, 9.17) is 0 Å². The van der Waals surface area contributed by atoms with Crippen molar-refractivity contribution in [1.29, 1.82) is 0 Å². The summed E-state index contributed by atoms with van der Waals surface area (Å²) in [6, 6.07) is 9.23. The number of rotatable bonds is 7. The Morgan fingerprint density at radius 1 is 1.26 bits per heavy atom. The lowest BCUT2D eigenvalue weighted by molar-refractivity contribution is -0.131. The lowest BCUT2D eigenvalue weighted by atomic mass is 10.0. The molecule has 3 nitrogen and oxygen atoms in total. The first-order chi connectivity index (χ1) is 11.1. The van der Waals surface area contributed by atoms with E-state index in [1.807, 2.05) is 11.8 Å². The van der Waals surface area contributed by atoms with Crippen LogP contribution >= 0.6 is 0 Å². The molecule has 1 heterocycles. The molecule has 0 N–H and O–H groups in total. The van der Waals surface area contributed by atoms with Gasteiger partial charge >= 0.3 is 0 Å². The summed E-state index contributed by atoms with van der Waals surface area (Å²) in [5.41, 5.74) is 2.49. The SMILES string of the molecule is CCC(=O)N(CCCN1CCCCC1C)Cc1ccc(C)cc1. The summed E-state index contributed by atoms with van der Waals surface area (Å²) in [7, 11) is 0. The lowest BCUT2D eigenvalue weighted by Crippen LogP contribution is -2.40. The molecule has 0 aromatic heterocycles. The zero-order chi connectivity index (χ0) is 16.7. The number of piperidine rings is 1. The first-order valence-corrected chi connectivity index (χ1v) is 9.17. The monoisotopic (exact) mass is 316 g/mol. The fourth-order valence-electron chi connectivity index (χ4n) is 3.38. The van der Waals surface area contributed by atoms with Gasteiger partial charge in [0.2, 0.25) is 5.91 Å². The normalized spacial score (nSPS) is 18.8. The molecule has 128 valence electrons. The molecule has 1 saturated heterocycles. The van der Waals surface area contributed by atoms with E-state index in [-0.39, 0.29) is 5.91 Å². The van der Waals surface area contributed by atoms with Gasteiger partial charge in [-0.15, -0.1) is 0 Å². The van der Waals surface area contributed by atoms with Crippen molar-refractivity contribution in [1.82, 2.24) is 9.80 Å². The van der Waals surface area contributed by atoms with Crippen molar-refractivity contribution in [3.8, 4) is 0 Å². The number of amides is 1. The number of carbonyl (C=O) groups excluding carboxylic acids is 1. The molecular weight excluding hydrogens is 284 g/mol. The van der Waals surface area contributed by atoms with Crippen LogP contribution in [0.15, 0.2) is 24.3 Å². The predicted molar refractivity (Wildman–Crippen MR) is 96.4 cm³/mol. The molecule has 1 aromatic carbocycles. The third-order valence-corrected chi connectivity index (χ3v) is 4.96. The molecule has 2 rings (SSSR count). The summed E-state index contributed by atoms with van der Waals surface area (Å²) in [6.07, 6.45) is 5.67. The van der Waals surface area contributed by atoms with Crippen LogP contribution in [0.5, 0.6) is 0 Å². The van der Waals surface area contributed by atoms with Gasteiger partial charge in [-0.25, -0.2) is 0 Å². The first-order valence-electron chi connectivity index (χ1n) is 9.17. The maximum atomic E-state index is 12.2. The van der Waals surface area contributed by atoms with E-state index in [1.165, 1.54) is 36.9 Å². The van der Waals surface area contributed by atoms with Crippen LogP contribution in [0.4, 0.5) is 0 Å². The number of hydrogen-bond donors (Lipinski definition) is 0. The molecule has 0 radical (unpaired) electrons. The Bertz CT molecular complexity index is 483. The van der Waals surface area contributed by atoms with Crippen molar-refractivity contribution in [2.45, 2.75) is 65.5 Å². The van der Waals surface area contributed by atoms with Crippen LogP contribution < -0.4 is 0 Å². The van der Waals surface area contributed by atoms with Gasteiger partial charge in [0, 0.05) is 32.1 Å². The number of carbonyl (C=O) groups is 1. The minimum absolute atomic E-state index is 0.261. The topological polar surface area (TPSA) is 23.6 Å². The third kappa shape index (κ3) is 5.65. The molecule has 0 spiro atoms. The maximum Gasteiger partial charge on any atom is 0.222 e. The van der Waals surface area contributed by atoms with Gasteiger partial charge in [0.05, 0.1) is 0 Å². The minimum atomic E-state index is 0.261. The second kappa shape index (κ2) is 9.07. The quantitative estimate of drug-likeness (QED) is 0.759. The number of aryl methyl sites for hydroxylation is 1. The fraction of sp³-hybridized carbons (Fsp3) is 0.650. The fourth-order valence-corrected chi connectivity index (χ4v) is 3.38. The Labute approximate surface area is 141 Å². The molecule has 0 bridgehead atoms. The maximum absolute atomic E-state index is 12.2. The van der Waals surface area contributed by atoms with Crippen LogP contribution in [0.25, 0.3) is 0 Å². The molecule has 1 amide bonds. The predicted octanol–water partition coefficient (Wildman–Crippen LogP) is 4.00. The molecule has 0 aliphatic carbocycles. The van der Waals surface area contributed by atoms with Crippen molar-refractivity contribution in [2.75, 3.05) is 19.6 Å². The number of benzene rings is 1. The van der Waals surface area contributed by atoms with Gasteiger partial charge in [0.15, 0.2) is 0 Å². The molecule has 1 aliphatic rings. The van der Waals surface area contributed by atoms with Crippen LogP contribution in [-0.4, -0.2) is 41.4 Å². The summed E-state index contributed by atoms with van der Waals surface area (Å²) in [5.74, 6) is 0.261. The van der Waals surface area contributed by atoms with E-state index < -0.39 is 0 Å².